The first-order valence-electron chi connectivity index (χ1n) is 10.0. The second-order valence-corrected chi connectivity index (χ2v) is 9.91. The van der Waals surface area contributed by atoms with Gasteiger partial charge in [0.25, 0.3) is 10.0 Å². The fourth-order valence-electron chi connectivity index (χ4n) is 3.65. The van der Waals surface area contributed by atoms with Crippen LogP contribution in [0.2, 0.25) is 0 Å². The number of rotatable bonds is 7. The minimum absolute atomic E-state index is 0.00800. The molecule has 5 aromatic rings. The molecule has 0 saturated heterocycles. The van der Waals surface area contributed by atoms with E-state index in [0.29, 0.717) is 6.42 Å². The topological polar surface area (TPSA) is 136 Å². The van der Waals surface area contributed by atoms with Gasteiger partial charge in [-0.25, -0.2) is 22.6 Å². The number of nitrogens with zero attached hydrogens (tertiary/aromatic N) is 4. The molecule has 10 nitrogen and oxygen atoms in total. The van der Waals surface area contributed by atoms with Gasteiger partial charge in [-0.05, 0) is 24.5 Å². The first-order valence-corrected chi connectivity index (χ1v) is 12.3. The van der Waals surface area contributed by atoms with Crippen LogP contribution in [0.5, 0.6) is 0 Å². The molecule has 13 heteroatoms. The van der Waals surface area contributed by atoms with Crippen molar-refractivity contribution in [1.82, 2.24) is 24.1 Å². The summed E-state index contributed by atoms with van der Waals surface area (Å²) in [6, 6.07) is 9.78. The fraction of sp³-hybridized carbons (Fsp3) is 0.143. The van der Waals surface area contributed by atoms with Crippen LogP contribution < -0.4 is 10.5 Å². The van der Waals surface area contributed by atoms with Gasteiger partial charge in [-0.1, -0.05) is 24.3 Å². The minimum atomic E-state index is -4.29. The molecular weight excluding hydrogens is 483 g/mol. The molecule has 0 fully saturated rings. The predicted molar refractivity (Wildman–Crippen MR) is 124 cm³/mol. The van der Waals surface area contributed by atoms with E-state index in [1.807, 2.05) is 31.2 Å². The minimum Gasteiger partial charge on any atom is -0.408 e. The number of nitrogens with one attached hydrogen (secondary N) is 2. The quantitative estimate of drug-likeness (QED) is 0.350. The number of aromatic amines is 1. The Bertz CT molecular complexity index is 1650. The highest BCUT2D eigenvalue weighted by Gasteiger charge is 2.24. The van der Waals surface area contributed by atoms with Crippen molar-refractivity contribution in [2.24, 2.45) is 0 Å². The zero-order valence-electron chi connectivity index (χ0n) is 17.6. The molecule has 34 heavy (non-hydrogen) atoms. The number of fused-ring (bicyclic) bond motifs is 1. The third-order valence-corrected chi connectivity index (χ3v) is 7.35. The third kappa shape index (κ3) is 4.10. The second-order valence-electron chi connectivity index (χ2n) is 7.48. The normalized spacial score (nSPS) is 11.8. The van der Waals surface area contributed by atoms with Crippen molar-refractivity contribution in [3.63, 3.8) is 0 Å². The number of aryl methyl sites for hydroxylation is 3. The molecule has 2 N–H and O–H groups in total. The van der Waals surface area contributed by atoms with Crippen molar-refractivity contribution >= 4 is 37.8 Å². The molecule has 0 radical (unpaired) electrons. The van der Waals surface area contributed by atoms with E-state index in [9.17, 15) is 17.6 Å². The Kier molecular flexibility index (Phi) is 5.49. The molecule has 0 aliphatic carbocycles. The Morgan fingerprint density at radius 2 is 2.12 bits per heavy atom. The van der Waals surface area contributed by atoms with Crippen LogP contribution >= 0.6 is 11.5 Å². The molecule has 0 aliphatic heterocycles. The maximum Gasteiger partial charge on any atom is 0.419 e. The predicted octanol–water partition coefficient (Wildman–Crippen LogP) is 3.33. The standard InChI is InChI=1S/C21H17FN6O4S2/c1-12-15(10-24-26-12)14-4-2-3-13(7-14)5-6-28-17-8-16(22)19(9-18(17)32-21(28)29)34(30,31)27-20-23-11-25-33-20/h2-4,7-11H,5-6H2,1H3,(H,24,26)(H,23,25,27). The van der Waals surface area contributed by atoms with Crippen LogP contribution in [0.3, 0.4) is 0 Å². The molecule has 5 rings (SSSR count). The van der Waals surface area contributed by atoms with Gasteiger partial charge in [0.05, 0.1) is 11.7 Å². The maximum absolute atomic E-state index is 14.8. The van der Waals surface area contributed by atoms with Crippen LogP contribution in [0.4, 0.5) is 9.52 Å². The van der Waals surface area contributed by atoms with Gasteiger partial charge in [-0.3, -0.25) is 14.4 Å². The van der Waals surface area contributed by atoms with Gasteiger partial charge in [0.15, 0.2) is 5.58 Å². The van der Waals surface area contributed by atoms with Crippen LogP contribution in [-0.2, 0) is 23.0 Å². The van der Waals surface area contributed by atoms with E-state index in [1.54, 1.807) is 6.20 Å². The molecule has 0 amide bonds. The van der Waals surface area contributed by atoms with E-state index in [1.165, 1.54) is 10.9 Å². The molecule has 3 heterocycles. The smallest absolute Gasteiger partial charge is 0.408 e. The first kappa shape index (κ1) is 22.0. The Morgan fingerprint density at radius 3 is 2.85 bits per heavy atom. The molecule has 0 bridgehead atoms. The Morgan fingerprint density at radius 1 is 1.26 bits per heavy atom. The number of H-pyrrole nitrogens is 1. The van der Waals surface area contributed by atoms with Crippen molar-refractivity contribution in [3.05, 3.63) is 76.5 Å². The van der Waals surface area contributed by atoms with Gasteiger partial charge in [-0.15, -0.1) is 0 Å². The van der Waals surface area contributed by atoms with Crippen LogP contribution in [0.1, 0.15) is 11.3 Å². The highest BCUT2D eigenvalue weighted by atomic mass is 32.2. The number of halogens is 1. The van der Waals surface area contributed by atoms with E-state index in [4.69, 9.17) is 4.42 Å². The summed E-state index contributed by atoms with van der Waals surface area (Å²) < 4.78 is 52.3. The monoisotopic (exact) mass is 500 g/mol. The zero-order valence-corrected chi connectivity index (χ0v) is 19.3. The van der Waals surface area contributed by atoms with Gasteiger partial charge in [0.2, 0.25) is 5.13 Å². The molecule has 0 spiro atoms. The lowest BCUT2D eigenvalue weighted by atomic mass is 10.0. The van der Waals surface area contributed by atoms with Gasteiger partial charge in [0, 0.05) is 41.5 Å². The molecule has 0 saturated carbocycles. The fourth-order valence-corrected chi connectivity index (χ4v) is 5.38. The van der Waals surface area contributed by atoms with E-state index in [2.05, 4.69) is 24.3 Å². The molecule has 2 aromatic carbocycles. The van der Waals surface area contributed by atoms with Crippen LogP contribution in [-0.4, -0.2) is 32.5 Å². The summed E-state index contributed by atoms with van der Waals surface area (Å²) in [5.41, 5.74) is 3.99. The second kappa shape index (κ2) is 8.50. The number of aromatic nitrogens is 5. The van der Waals surface area contributed by atoms with Crippen LogP contribution in [0.25, 0.3) is 22.2 Å². The summed E-state index contributed by atoms with van der Waals surface area (Å²) >= 11 is 0.809. The number of oxazole rings is 1. The number of hydrogen-bond donors (Lipinski definition) is 2. The van der Waals surface area contributed by atoms with E-state index in [0.717, 1.165) is 46.0 Å². The summed E-state index contributed by atoms with van der Waals surface area (Å²) in [4.78, 5) is 15.5. The first-order chi connectivity index (χ1) is 16.3. The van der Waals surface area contributed by atoms with E-state index in [-0.39, 0.29) is 22.8 Å². The maximum atomic E-state index is 14.8. The lowest BCUT2D eigenvalue weighted by Crippen LogP contribution is -2.16. The molecular formula is C21H17FN6O4S2. The average Bonchev–Trinajstić information content (AvgIpc) is 3.52. The van der Waals surface area contributed by atoms with Gasteiger partial charge < -0.3 is 4.42 Å². The summed E-state index contributed by atoms with van der Waals surface area (Å²) in [5, 5.41) is 6.94. The number of benzene rings is 2. The molecule has 0 aliphatic rings. The summed E-state index contributed by atoms with van der Waals surface area (Å²) in [6.45, 7) is 2.15. The van der Waals surface area contributed by atoms with Crippen molar-refractivity contribution in [2.45, 2.75) is 24.8 Å². The summed E-state index contributed by atoms with van der Waals surface area (Å²) in [5.74, 6) is -1.72. The van der Waals surface area contributed by atoms with Crippen LogP contribution in [0, 0.1) is 12.7 Å². The lowest BCUT2D eigenvalue weighted by molar-refractivity contribution is 0.504. The average molecular weight is 501 g/mol. The van der Waals surface area contributed by atoms with E-state index < -0.39 is 26.5 Å². The van der Waals surface area contributed by atoms with Crippen molar-refractivity contribution in [3.8, 4) is 11.1 Å². The molecule has 0 atom stereocenters. The van der Waals surface area contributed by atoms with Crippen molar-refractivity contribution in [1.29, 1.82) is 0 Å². The van der Waals surface area contributed by atoms with E-state index >= 15 is 0 Å². The third-order valence-electron chi connectivity index (χ3n) is 5.29. The highest BCUT2D eigenvalue weighted by molar-refractivity contribution is 7.93. The summed E-state index contributed by atoms with van der Waals surface area (Å²) in [6.07, 6.45) is 3.39. The number of hydrogen-bond acceptors (Lipinski definition) is 8. The molecule has 3 aromatic heterocycles. The van der Waals surface area contributed by atoms with Gasteiger partial charge in [0.1, 0.15) is 17.0 Å². The SMILES string of the molecule is Cc1[nH]ncc1-c1cccc(CCn2c(=O)oc3cc(S(=O)(=O)Nc4ncns4)c(F)cc32)c1. The zero-order chi connectivity index (χ0) is 23.9. The highest BCUT2D eigenvalue weighted by Crippen LogP contribution is 2.26. The Hall–Kier alpha value is -3.84. The van der Waals surface area contributed by atoms with Crippen molar-refractivity contribution in [2.75, 3.05) is 4.72 Å². The molecule has 0 unspecified atom stereocenters. The number of anilines is 1. The Labute approximate surface area is 196 Å². The van der Waals surface area contributed by atoms with Gasteiger partial charge >= 0.3 is 5.76 Å². The summed E-state index contributed by atoms with van der Waals surface area (Å²) in [7, 11) is -4.29. The lowest BCUT2D eigenvalue weighted by Gasteiger charge is -2.08. The largest absolute Gasteiger partial charge is 0.419 e. The molecule has 174 valence electrons. The van der Waals surface area contributed by atoms with Crippen molar-refractivity contribution < 1.29 is 17.2 Å². The number of sulfonamides is 1. The Balaban J connectivity index is 1.43. The van der Waals surface area contributed by atoms with Gasteiger partial charge in [-0.2, -0.15) is 9.47 Å². The van der Waals surface area contributed by atoms with Crippen LogP contribution in [0.15, 0.2) is 63.0 Å².